The Kier molecular flexibility index (Phi) is 4.00. The van der Waals surface area contributed by atoms with Crippen molar-refractivity contribution < 1.29 is 0 Å². The van der Waals surface area contributed by atoms with Gasteiger partial charge in [0.15, 0.2) is 0 Å². The van der Waals surface area contributed by atoms with E-state index in [1.54, 1.807) is 0 Å². The van der Waals surface area contributed by atoms with Gasteiger partial charge < -0.3 is 5.73 Å². The third-order valence-electron chi connectivity index (χ3n) is 4.04. The number of hydrogen-bond acceptors (Lipinski definition) is 3. The van der Waals surface area contributed by atoms with Crippen molar-refractivity contribution in [1.29, 1.82) is 5.26 Å². The topological polar surface area (TPSA) is 53.1 Å². The molecule has 1 aliphatic heterocycles. The van der Waals surface area contributed by atoms with Crippen LogP contribution in [0.25, 0.3) is 0 Å². The van der Waals surface area contributed by atoms with E-state index in [9.17, 15) is 5.26 Å². The molecule has 0 bridgehead atoms. The Morgan fingerprint density at radius 2 is 2.00 bits per heavy atom. The Morgan fingerprint density at radius 3 is 2.61 bits per heavy atom. The summed E-state index contributed by atoms with van der Waals surface area (Å²) in [6.45, 7) is 5.22. The van der Waals surface area contributed by atoms with Crippen molar-refractivity contribution in [2.45, 2.75) is 44.9 Å². The molecule has 3 heteroatoms. The fourth-order valence-corrected chi connectivity index (χ4v) is 2.94. The van der Waals surface area contributed by atoms with Gasteiger partial charge in [-0.3, -0.25) is 4.90 Å². The van der Waals surface area contributed by atoms with Crippen LogP contribution in [0.3, 0.4) is 0 Å². The zero-order chi connectivity index (χ0) is 13.1. The van der Waals surface area contributed by atoms with Crippen LogP contribution in [0.1, 0.15) is 25.8 Å². The highest BCUT2D eigenvalue weighted by Gasteiger charge is 2.37. The Hall–Kier alpha value is -1.37. The van der Waals surface area contributed by atoms with Crippen LogP contribution in [-0.2, 0) is 6.54 Å². The number of benzene rings is 1. The van der Waals surface area contributed by atoms with Gasteiger partial charge in [-0.2, -0.15) is 5.26 Å². The first kappa shape index (κ1) is 13.1. The van der Waals surface area contributed by atoms with Gasteiger partial charge in [0.2, 0.25) is 0 Å². The molecule has 1 aromatic rings. The number of piperidine rings is 1. The fourth-order valence-electron chi connectivity index (χ4n) is 2.94. The van der Waals surface area contributed by atoms with Crippen LogP contribution < -0.4 is 5.73 Å². The maximum atomic E-state index is 9.25. The maximum Gasteiger partial charge on any atom is 0.0767 e. The van der Waals surface area contributed by atoms with Crippen molar-refractivity contribution >= 4 is 0 Å². The van der Waals surface area contributed by atoms with Crippen molar-refractivity contribution in [3.63, 3.8) is 0 Å². The summed E-state index contributed by atoms with van der Waals surface area (Å²) in [4.78, 5) is 2.40. The van der Waals surface area contributed by atoms with E-state index in [0.29, 0.717) is 6.04 Å². The number of hydrogen-bond donors (Lipinski definition) is 1. The highest BCUT2D eigenvalue weighted by Crippen LogP contribution is 2.28. The molecule has 1 saturated heterocycles. The quantitative estimate of drug-likeness (QED) is 0.865. The molecule has 4 unspecified atom stereocenters. The molecule has 0 aromatic heterocycles. The summed E-state index contributed by atoms with van der Waals surface area (Å²) in [5, 5.41) is 9.25. The molecule has 1 aromatic carbocycles. The second kappa shape index (κ2) is 5.51. The lowest BCUT2D eigenvalue weighted by atomic mass is 9.83. The number of rotatable bonds is 2. The molecule has 0 amide bonds. The molecular formula is C15H21N3. The summed E-state index contributed by atoms with van der Waals surface area (Å²) < 4.78 is 0. The number of nitrogens with two attached hydrogens (primary N) is 1. The van der Waals surface area contributed by atoms with E-state index in [1.807, 2.05) is 6.07 Å². The molecule has 1 aliphatic rings. The van der Waals surface area contributed by atoms with Gasteiger partial charge >= 0.3 is 0 Å². The number of nitrogens with zero attached hydrogens (tertiary/aromatic N) is 2. The van der Waals surface area contributed by atoms with E-state index in [0.717, 1.165) is 13.0 Å². The zero-order valence-electron chi connectivity index (χ0n) is 11.1. The molecule has 2 N–H and O–H groups in total. The summed E-state index contributed by atoms with van der Waals surface area (Å²) in [6, 6.07) is 13.4. The Labute approximate surface area is 109 Å². The van der Waals surface area contributed by atoms with E-state index in [2.05, 4.69) is 49.1 Å². The smallest absolute Gasteiger partial charge is 0.0767 e. The summed E-state index contributed by atoms with van der Waals surface area (Å²) >= 11 is 0. The normalized spacial score (nSPS) is 33.0. The Bertz CT molecular complexity index is 423. The van der Waals surface area contributed by atoms with Crippen LogP contribution in [0.4, 0.5) is 0 Å². The van der Waals surface area contributed by atoms with Gasteiger partial charge in [0.25, 0.3) is 0 Å². The molecule has 3 nitrogen and oxygen atoms in total. The predicted molar refractivity (Wildman–Crippen MR) is 72.6 cm³/mol. The van der Waals surface area contributed by atoms with Gasteiger partial charge in [-0.25, -0.2) is 0 Å². The second-order valence-electron chi connectivity index (χ2n) is 5.30. The lowest BCUT2D eigenvalue weighted by molar-refractivity contribution is 0.0573. The van der Waals surface area contributed by atoms with Crippen LogP contribution in [0.5, 0.6) is 0 Å². The lowest BCUT2D eigenvalue weighted by Crippen LogP contribution is -2.55. The monoisotopic (exact) mass is 243 g/mol. The van der Waals surface area contributed by atoms with Crippen molar-refractivity contribution in [3.05, 3.63) is 35.9 Å². The molecule has 1 fully saturated rings. The van der Waals surface area contributed by atoms with E-state index in [4.69, 9.17) is 5.73 Å². The van der Waals surface area contributed by atoms with Crippen molar-refractivity contribution in [2.24, 2.45) is 11.7 Å². The second-order valence-corrected chi connectivity index (χ2v) is 5.30. The first-order valence-corrected chi connectivity index (χ1v) is 6.58. The minimum absolute atomic E-state index is 0.00650. The largest absolute Gasteiger partial charge is 0.326 e. The highest BCUT2D eigenvalue weighted by atomic mass is 15.2. The third-order valence-corrected chi connectivity index (χ3v) is 4.04. The SMILES string of the molecule is CC1CC(N)C(C#N)C(C)N1Cc1ccccc1. The van der Waals surface area contributed by atoms with Gasteiger partial charge in [-0.05, 0) is 25.8 Å². The molecule has 0 spiro atoms. The first-order valence-electron chi connectivity index (χ1n) is 6.58. The minimum Gasteiger partial charge on any atom is -0.326 e. The number of likely N-dealkylation sites (tertiary alicyclic amines) is 1. The van der Waals surface area contributed by atoms with E-state index < -0.39 is 0 Å². The molecule has 96 valence electrons. The summed E-state index contributed by atoms with van der Waals surface area (Å²) in [5.41, 5.74) is 7.37. The molecule has 0 radical (unpaired) electrons. The molecule has 1 heterocycles. The molecule has 18 heavy (non-hydrogen) atoms. The summed E-state index contributed by atoms with van der Waals surface area (Å²) in [6.07, 6.45) is 0.898. The van der Waals surface area contributed by atoms with Crippen LogP contribution in [-0.4, -0.2) is 23.0 Å². The highest BCUT2D eigenvalue weighted by molar-refractivity contribution is 5.15. The third kappa shape index (κ3) is 2.55. The molecule has 0 saturated carbocycles. The summed E-state index contributed by atoms with van der Waals surface area (Å²) in [7, 11) is 0. The maximum absolute atomic E-state index is 9.25. The van der Waals surface area contributed by atoms with Gasteiger partial charge in [-0.15, -0.1) is 0 Å². The van der Waals surface area contributed by atoms with Gasteiger partial charge in [0, 0.05) is 24.7 Å². The van der Waals surface area contributed by atoms with Crippen molar-refractivity contribution in [2.75, 3.05) is 0 Å². The standard InChI is InChI=1S/C15H21N3/c1-11-8-15(17)14(9-16)12(2)18(11)10-13-6-4-3-5-7-13/h3-7,11-12,14-15H,8,10,17H2,1-2H3. The van der Waals surface area contributed by atoms with Crippen molar-refractivity contribution in [3.8, 4) is 6.07 Å². The average molecular weight is 243 g/mol. The van der Waals surface area contributed by atoms with E-state index >= 15 is 0 Å². The minimum atomic E-state index is -0.0649. The van der Waals surface area contributed by atoms with Gasteiger partial charge in [-0.1, -0.05) is 30.3 Å². The van der Waals surface area contributed by atoms with Gasteiger partial charge in [0.05, 0.1) is 12.0 Å². The van der Waals surface area contributed by atoms with E-state index in [-0.39, 0.29) is 18.0 Å². The first-order chi connectivity index (χ1) is 8.63. The number of nitriles is 1. The average Bonchev–Trinajstić information content (AvgIpc) is 2.36. The Morgan fingerprint density at radius 1 is 1.33 bits per heavy atom. The van der Waals surface area contributed by atoms with E-state index in [1.165, 1.54) is 5.56 Å². The molecule has 4 atom stereocenters. The van der Waals surface area contributed by atoms with Crippen LogP contribution >= 0.6 is 0 Å². The molecular weight excluding hydrogens is 222 g/mol. The van der Waals surface area contributed by atoms with Gasteiger partial charge in [0.1, 0.15) is 0 Å². The summed E-state index contributed by atoms with van der Waals surface area (Å²) in [5.74, 6) is -0.0649. The molecule has 2 rings (SSSR count). The van der Waals surface area contributed by atoms with Crippen LogP contribution in [0, 0.1) is 17.2 Å². The fraction of sp³-hybridized carbons (Fsp3) is 0.533. The van der Waals surface area contributed by atoms with Crippen LogP contribution in [0.2, 0.25) is 0 Å². The predicted octanol–water partition coefficient (Wildman–Crippen LogP) is 2.14. The molecule has 0 aliphatic carbocycles. The lowest BCUT2D eigenvalue weighted by Gasteiger charge is -2.44. The Balaban J connectivity index is 2.14. The van der Waals surface area contributed by atoms with Crippen molar-refractivity contribution in [1.82, 2.24) is 4.90 Å². The van der Waals surface area contributed by atoms with Crippen LogP contribution in [0.15, 0.2) is 30.3 Å². The zero-order valence-corrected chi connectivity index (χ0v) is 11.1.